The number of aromatic nitrogens is 1. The predicted molar refractivity (Wildman–Crippen MR) is 126 cm³/mol. The molecule has 3 aromatic rings. The minimum atomic E-state index is -3.97. The molecule has 2 aromatic carbocycles. The zero-order valence-corrected chi connectivity index (χ0v) is 19.9. The van der Waals surface area contributed by atoms with Crippen molar-refractivity contribution in [1.82, 2.24) is 10.3 Å². The molecule has 0 aliphatic carbocycles. The first-order valence-corrected chi connectivity index (χ1v) is 12.8. The van der Waals surface area contributed by atoms with E-state index in [0.29, 0.717) is 24.7 Å². The summed E-state index contributed by atoms with van der Waals surface area (Å²) in [4.78, 5) is 17.3. The first-order chi connectivity index (χ1) is 15.9. The van der Waals surface area contributed by atoms with Crippen LogP contribution in [0.15, 0.2) is 65.0 Å². The molecule has 10 heteroatoms. The van der Waals surface area contributed by atoms with E-state index >= 15 is 0 Å². The predicted octanol–water partition coefficient (Wildman–Crippen LogP) is 3.62. The first kappa shape index (κ1) is 23.1. The van der Waals surface area contributed by atoms with E-state index < -0.39 is 22.5 Å². The van der Waals surface area contributed by atoms with Gasteiger partial charge >= 0.3 is 0 Å². The summed E-state index contributed by atoms with van der Waals surface area (Å²) in [6.45, 7) is 4.55. The number of benzene rings is 2. The Morgan fingerprint density at radius 2 is 1.85 bits per heavy atom. The molecule has 1 unspecified atom stereocenters. The Morgan fingerprint density at radius 1 is 1.12 bits per heavy atom. The van der Waals surface area contributed by atoms with Gasteiger partial charge in [0.1, 0.15) is 19.8 Å². The summed E-state index contributed by atoms with van der Waals surface area (Å²) in [5.74, 6) is 0.922. The van der Waals surface area contributed by atoms with Gasteiger partial charge in [0.2, 0.25) is 5.91 Å². The monoisotopic (exact) mass is 487 g/mol. The van der Waals surface area contributed by atoms with Crippen LogP contribution >= 0.6 is 11.3 Å². The third-order valence-electron chi connectivity index (χ3n) is 5.16. The normalized spacial score (nSPS) is 14.0. The fourth-order valence-corrected chi connectivity index (χ4v) is 5.82. The second-order valence-electron chi connectivity index (χ2n) is 7.83. The van der Waals surface area contributed by atoms with Crippen LogP contribution < -0.4 is 19.1 Å². The van der Waals surface area contributed by atoms with Crippen LogP contribution in [0.3, 0.4) is 0 Å². The number of ether oxygens (including phenoxy) is 2. The fraction of sp³-hybridized carbons (Fsp3) is 0.304. The van der Waals surface area contributed by atoms with Crippen molar-refractivity contribution in [2.24, 2.45) is 5.92 Å². The molecule has 1 atom stereocenters. The Labute approximate surface area is 197 Å². The fourth-order valence-electron chi connectivity index (χ4n) is 3.55. The standard InChI is InChI=1S/C23H25N3O5S2/c1-16(2)22(17-8-9-19-20(14-17)31-12-11-30-19)25-21(27)15-26(23-24-10-13-32-23)33(28,29)18-6-4-3-5-7-18/h3-10,13-14,16,22H,11-12,15H2,1-2H3,(H,25,27). The van der Waals surface area contributed by atoms with Crippen LogP contribution in [-0.4, -0.2) is 39.1 Å². The van der Waals surface area contributed by atoms with Crippen molar-refractivity contribution in [2.75, 3.05) is 24.1 Å². The first-order valence-electron chi connectivity index (χ1n) is 10.5. The zero-order valence-electron chi connectivity index (χ0n) is 18.3. The van der Waals surface area contributed by atoms with Gasteiger partial charge in [0, 0.05) is 11.6 Å². The van der Waals surface area contributed by atoms with E-state index in [1.54, 1.807) is 23.6 Å². The summed E-state index contributed by atoms with van der Waals surface area (Å²) in [7, 11) is -3.97. The molecule has 0 bridgehead atoms. The molecule has 1 aliphatic rings. The number of rotatable bonds is 8. The molecular formula is C23H25N3O5S2. The van der Waals surface area contributed by atoms with Gasteiger partial charge in [-0.05, 0) is 35.7 Å². The Balaban J connectivity index is 1.57. The van der Waals surface area contributed by atoms with E-state index in [1.807, 2.05) is 32.0 Å². The molecule has 1 aromatic heterocycles. The number of carbonyl (C=O) groups is 1. The highest BCUT2D eigenvalue weighted by Gasteiger charge is 2.30. The van der Waals surface area contributed by atoms with Gasteiger partial charge in [0.05, 0.1) is 10.9 Å². The van der Waals surface area contributed by atoms with Crippen LogP contribution in [0.2, 0.25) is 0 Å². The molecular weight excluding hydrogens is 462 g/mol. The average Bonchev–Trinajstić information content (AvgIpc) is 3.35. The van der Waals surface area contributed by atoms with Crippen LogP contribution in [0.25, 0.3) is 0 Å². The number of sulfonamides is 1. The van der Waals surface area contributed by atoms with Crippen molar-refractivity contribution in [3.63, 3.8) is 0 Å². The molecule has 0 saturated carbocycles. The lowest BCUT2D eigenvalue weighted by Crippen LogP contribution is -2.43. The van der Waals surface area contributed by atoms with Crippen LogP contribution in [0.4, 0.5) is 5.13 Å². The number of amides is 1. The number of hydrogen-bond donors (Lipinski definition) is 1. The van der Waals surface area contributed by atoms with Gasteiger partial charge in [-0.15, -0.1) is 11.3 Å². The second-order valence-corrected chi connectivity index (χ2v) is 10.6. The number of nitrogens with one attached hydrogen (secondary N) is 1. The van der Waals surface area contributed by atoms with Crippen molar-refractivity contribution in [3.8, 4) is 11.5 Å². The van der Waals surface area contributed by atoms with Gasteiger partial charge in [-0.25, -0.2) is 17.7 Å². The van der Waals surface area contributed by atoms with Crippen molar-refractivity contribution in [2.45, 2.75) is 24.8 Å². The quantitative estimate of drug-likeness (QED) is 0.521. The minimum absolute atomic E-state index is 0.0514. The average molecular weight is 488 g/mol. The Hall–Kier alpha value is -3.11. The molecule has 2 heterocycles. The van der Waals surface area contributed by atoms with E-state index in [-0.39, 0.29) is 22.0 Å². The summed E-state index contributed by atoms with van der Waals surface area (Å²) in [5, 5.41) is 4.90. The van der Waals surface area contributed by atoms with Gasteiger partial charge in [-0.3, -0.25) is 4.79 Å². The molecule has 0 fully saturated rings. The highest BCUT2D eigenvalue weighted by atomic mass is 32.2. The third-order valence-corrected chi connectivity index (χ3v) is 7.82. The number of fused-ring (bicyclic) bond motifs is 1. The van der Waals surface area contributed by atoms with E-state index in [4.69, 9.17) is 9.47 Å². The zero-order chi connectivity index (χ0) is 23.4. The Morgan fingerprint density at radius 3 is 2.52 bits per heavy atom. The van der Waals surface area contributed by atoms with Crippen molar-refractivity contribution >= 4 is 32.4 Å². The van der Waals surface area contributed by atoms with Crippen LogP contribution in [0.5, 0.6) is 11.5 Å². The molecule has 174 valence electrons. The Kier molecular flexibility index (Phi) is 6.85. The molecule has 1 amide bonds. The number of anilines is 1. The molecule has 1 aliphatic heterocycles. The number of carbonyl (C=O) groups excluding carboxylic acids is 1. The minimum Gasteiger partial charge on any atom is -0.486 e. The second kappa shape index (κ2) is 9.80. The van der Waals surface area contributed by atoms with Crippen LogP contribution in [0, 0.1) is 5.92 Å². The lowest BCUT2D eigenvalue weighted by molar-refractivity contribution is -0.120. The smallest absolute Gasteiger partial charge is 0.266 e. The Bertz CT molecular complexity index is 1200. The molecule has 4 rings (SSSR count). The van der Waals surface area contributed by atoms with Gasteiger partial charge in [-0.1, -0.05) is 38.1 Å². The van der Waals surface area contributed by atoms with Gasteiger partial charge in [0.15, 0.2) is 16.6 Å². The summed E-state index contributed by atoms with van der Waals surface area (Å²) >= 11 is 1.16. The molecule has 0 radical (unpaired) electrons. The molecule has 33 heavy (non-hydrogen) atoms. The van der Waals surface area contributed by atoms with Gasteiger partial charge < -0.3 is 14.8 Å². The lowest BCUT2D eigenvalue weighted by Gasteiger charge is -2.27. The topological polar surface area (TPSA) is 97.8 Å². The summed E-state index contributed by atoms with van der Waals surface area (Å²) in [5.41, 5.74) is 0.856. The van der Waals surface area contributed by atoms with Crippen molar-refractivity contribution < 1.29 is 22.7 Å². The highest BCUT2D eigenvalue weighted by Crippen LogP contribution is 2.34. The summed E-state index contributed by atoms with van der Waals surface area (Å²) in [6, 6.07) is 13.3. The summed E-state index contributed by atoms with van der Waals surface area (Å²) in [6.07, 6.45) is 1.51. The largest absolute Gasteiger partial charge is 0.486 e. The maximum absolute atomic E-state index is 13.3. The maximum Gasteiger partial charge on any atom is 0.266 e. The van der Waals surface area contributed by atoms with Crippen LogP contribution in [0.1, 0.15) is 25.5 Å². The number of hydrogen-bond acceptors (Lipinski definition) is 7. The molecule has 8 nitrogen and oxygen atoms in total. The van der Waals surface area contributed by atoms with Crippen molar-refractivity contribution in [3.05, 3.63) is 65.7 Å². The van der Waals surface area contributed by atoms with Gasteiger partial charge in [-0.2, -0.15) is 0 Å². The molecule has 1 N–H and O–H groups in total. The van der Waals surface area contributed by atoms with E-state index in [0.717, 1.165) is 21.2 Å². The number of nitrogens with zero attached hydrogens (tertiary/aromatic N) is 2. The SMILES string of the molecule is CC(C)C(NC(=O)CN(c1nccs1)S(=O)(=O)c1ccccc1)c1ccc2c(c1)OCCO2. The summed E-state index contributed by atoms with van der Waals surface area (Å²) < 4.78 is 38.9. The van der Waals surface area contributed by atoms with E-state index in [9.17, 15) is 13.2 Å². The van der Waals surface area contributed by atoms with E-state index in [2.05, 4.69) is 10.3 Å². The van der Waals surface area contributed by atoms with E-state index in [1.165, 1.54) is 18.3 Å². The van der Waals surface area contributed by atoms with Crippen molar-refractivity contribution in [1.29, 1.82) is 0 Å². The molecule has 0 spiro atoms. The lowest BCUT2D eigenvalue weighted by atomic mass is 9.95. The third kappa shape index (κ3) is 5.12. The van der Waals surface area contributed by atoms with Crippen LogP contribution in [-0.2, 0) is 14.8 Å². The number of thiazole rings is 1. The van der Waals surface area contributed by atoms with Gasteiger partial charge in [0.25, 0.3) is 10.0 Å². The molecule has 0 saturated heterocycles. The highest BCUT2D eigenvalue weighted by molar-refractivity contribution is 7.93. The maximum atomic E-state index is 13.3.